The molecule has 1 aliphatic heterocycles. The molecular weight excluding hydrogens is 176 g/mol. The van der Waals surface area contributed by atoms with Crippen LogP contribution >= 0.6 is 0 Å². The Hall–Kier alpha value is -0.120. The summed E-state index contributed by atoms with van der Waals surface area (Å²) >= 11 is 0. The molecule has 0 saturated carbocycles. The van der Waals surface area contributed by atoms with E-state index in [0.717, 1.165) is 18.9 Å². The second-order valence-electron chi connectivity index (χ2n) is 4.37. The molecule has 1 fully saturated rings. The minimum atomic E-state index is -0.307. The molecule has 1 rings (SSSR count). The maximum atomic E-state index is 9.34. The van der Waals surface area contributed by atoms with E-state index in [4.69, 9.17) is 5.73 Å². The van der Waals surface area contributed by atoms with Crippen molar-refractivity contribution in [1.82, 2.24) is 4.90 Å². The molecule has 0 radical (unpaired) electrons. The van der Waals surface area contributed by atoms with Gasteiger partial charge in [-0.1, -0.05) is 13.3 Å². The van der Waals surface area contributed by atoms with Gasteiger partial charge in [0.15, 0.2) is 0 Å². The summed E-state index contributed by atoms with van der Waals surface area (Å²) in [4.78, 5) is 2.45. The molecule has 1 aliphatic rings. The van der Waals surface area contributed by atoms with Crippen molar-refractivity contribution in [3.8, 4) is 0 Å². The van der Waals surface area contributed by atoms with Crippen molar-refractivity contribution in [3.63, 3.8) is 0 Å². The van der Waals surface area contributed by atoms with E-state index >= 15 is 0 Å². The normalized spacial score (nSPS) is 22.5. The first-order valence-electron chi connectivity index (χ1n) is 5.86. The highest BCUT2D eigenvalue weighted by Gasteiger charge is 2.17. The maximum Gasteiger partial charge on any atom is 0.0674 e. The Balaban J connectivity index is 2.10. The summed E-state index contributed by atoms with van der Waals surface area (Å²) in [5.41, 5.74) is 5.36. The maximum absolute atomic E-state index is 9.34. The fourth-order valence-electron chi connectivity index (χ4n) is 2.07. The standard InChI is InChI=1S/C11H24N2O/c1-2-10-3-6-13(7-4-10)8-5-11(14)9-12/h10-11,14H,2-9,12H2,1H3. The molecule has 84 valence electrons. The topological polar surface area (TPSA) is 49.5 Å². The van der Waals surface area contributed by atoms with Crippen LogP contribution in [0.2, 0.25) is 0 Å². The van der Waals surface area contributed by atoms with Gasteiger partial charge in [0.05, 0.1) is 6.10 Å². The number of aliphatic hydroxyl groups excluding tert-OH is 1. The van der Waals surface area contributed by atoms with E-state index in [1.807, 2.05) is 0 Å². The van der Waals surface area contributed by atoms with E-state index in [9.17, 15) is 5.11 Å². The molecule has 1 saturated heterocycles. The van der Waals surface area contributed by atoms with Crippen molar-refractivity contribution in [1.29, 1.82) is 0 Å². The van der Waals surface area contributed by atoms with Crippen LogP contribution in [0.25, 0.3) is 0 Å². The van der Waals surface area contributed by atoms with Crippen LogP contribution < -0.4 is 5.73 Å². The number of hydrogen-bond donors (Lipinski definition) is 2. The lowest BCUT2D eigenvalue weighted by molar-refractivity contribution is 0.126. The molecule has 0 aliphatic carbocycles. The van der Waals surface area contributed by atoms with Crippen LogP contribution in [0.3, 0.4) is 0 Å². The van der Waals surface area contributed by atoms with Crippen molar-refractivity contribution in [2.75, 3.05) is 26.2 Å². The van der Waals surface area contributed by atoms with Crippen molar-refractivity contribution >= 4 is 0 Å². The van der Waals surface area contributed by atoms with Gasteiger partial charge in [-0.3, -0.25) is 0 Å². The van der Waals surface area contributed by atoms with Crippen LogP contribution in [0.4, 0.5) is 0 Å². The predicted octanol–water partition coefficient (Wildman–Crippen LogP) is 0.818. The predicted molar refractivity (Wildman–Crippen MR) is 59.1 cm³/mol. The lowest BCUT2D eigenvalue weighted by atomic mass is 9.94. The smallest absolute Gasteiger partial charge is 0.0674 e. The molecule has 14 heavy (non-hydrogen) atoms. The second kappa shape index (κ2) is 6.38. The Labute approximate surface area is 87.3 Å². The lowest BCUT2D eigenvalue weighted by Crippen LogP contribution is -2.36. The fourth-order valence-corrected chi connectivity index (χ4v) is 2.07. The first kappa shape index (κ1) is 12.0. The summed E-state index contributed by atoms with van der Waals surface area (Å²) in [5.74, 6) is 0.936. The Morgan fingerprint density at radius 3 is 2.57 bits per heavy atom. The van der Waals surface area contributed by atoms with Gasteiger partial charge in [-0.15, -0.1) is 0 Å². The summed E-state index contributed by atoms with van der Waals surface area (Å²) in [7, 11) is 0. The molecule has 0 aromatic heterocycles. The lowest BCUT2D eigenvalue weighted by Gasteiger charge is -2.31. The third-order valence-corrected chi connectivity index (χ3v) is 3.34. The largest absolute Gasteiger partial charge is 0.392 e. The highest BCUT2D eigenvalue weighted by Crippen LogP contribution is 2.19. The summed E-state index contributed by atoms with van der Waals surface area (Å²) in [6.07, 6.45) is 4.50. The van der Waals surface area contributed by atoms with Crippen molar-refractivity contribution in [2.24, 2.45) is 11.7 Å². The average Bonchev–Trinajstić information content (AvgIpc) is 2.26. The van der Waals surface area contributed by atoms with Gasteiger partial charge in [-0.2, -0.15) is 0 Å². The summed E-state index contributed by atoms with van der Waals surface area (Å²) < 4.78 is 0. The van der Waals surface area contributed by atoms with Gasteiger partial charge in [0.2, 0.25) is 0 Å². The molecule has 0 bridgehead atoms. The number of nitrogens with zero attached hydrogens (tertiary/aromatic N) is 1. The third kappa shape index (κ3) is 3.95. The monoisotopic (exact) mass is 200 g/mol. The van der Waals surface area contributed by atoms with Crippen LogP contribution in [0.1, 0.15) is 32.6 Å². The van der Waals surface area contributed by atoms with E-state index in [1.54, 1.807) is 0 Å². The SMILES string of the molecule is CCC1CCN(CCC(O)CN)CC1. The van der Waals surface area contributed by atoms with E-state index < -0.39 is 0 Å². The Morgan fingerprint density at radius 2 is 2.07 bits per heavy atom. The first-order valence-corrected chi connectivity index (χ1v) is 5.86. The van der Waals surface area contributed by atoms with Gasteiger partial charge in [0.1, 0.15) is 0 Å². The van der Waals surface area contributed by atoms with Crippen LogP contribution in [0.15, 0.2) is 0 Å². The minimum Gasteiger partial charge on any atom is -0.392 e. The number of piperidine rings is 1. The van der Waals surface area contributed by atoms with Crippen LogP contribution in [0, 0.1) is 5.92 Å². The van der Waals surface area contributed by atoms with Crippen LogP contribution in [-0.2, 0) is 0 Å². The molecule has 0 spiro atoms. The van der Waals surface area contributed by atoms with Gasteiger partial charge in [0.25, 0.3) is 0 Å². The average molecular weight is 200 g/mol. The second-order valence-corrected chi connectivity index (χ2v) is 4.37. The molecular formula is C11H24N2O. The van der Waals surface area contributed by atoms with Crippen molar-refractivity contribution in [3.05, 3.63) is 0 Å². The van der Waals surface area contributed by atoms with Gasteiger partial charge >= 0.3 is 0 Å². The molecule has 3 heteroatoms. The molecule has 3 nitrogen and oxygen atoms in total. The molecule has 1 unspecified atom stereocenters. The highest BCUT2D eigenvalue weighted by atomic mass is 16.3. The molecule has 0 aromatic carbocycles. The van der Waals surface area contributed by atoms with Gasteiger partial charge in [0, 0.05) is 13.1 Å². The van der Waals surface area contributed by atoms with Crippen molar-refractivity contribution < 1.29 is 5.11 Å². The molecule has 0 amide bonds. The zero-order valence-electron chi connectivity index (χ0n) is 9.28. The highest BCUT2D eigenvalue weighted by molar-refractivity contribution is 4.72. The van der Waals surface area contributed by atoms with Gasteiger partial charge < -0.3 is 15.7 Å². The third-order valence-electron chi connectivity index (χ3n) is 3.34. The first-order chi connectivity index (χ1) is 6.76. The molecule has 1 atom stereocenters. The Bertz CT molecular complexity index is 144. The summed E-state index contributed by atoms with van der Waals surface area (Å²) in [5, 5.41) is 9.34. The summed E-state index contributed by atoms with van der Waals surface area (Å²) in [6, 6.07) is 0. The molecule has 0 aromatic rings. The van der Waals surface area contributed by atoms with E-state index in [0.29, 0.717) is 6.54 Å². The van der Waals surface area contributed by atoms with E-state index in [-0.39, 0.29) is 6.10 Å². The number of nitrogens with two attached hydrogens (primary N) is 1. The quantitative estimate of drug-likeness (QED) is 0.691. The van der Waals surface area contributed by atoms with Crippen LogP contribution in [-0.4, -0.2) is 42.3 Å². The Morgan fingerprint density at radius 1 is 1.43 bits per heavy atom. The Kier molecular flexibility index (Phi) is 5.45. The number of aliphatic hydroxyl groups is 1. The van der Waals surface area contributed by atoms with Gasteiger partial charge in [-0.05, 0) is 38.3 Å². The summed E-state index contributed by atoms with van der Waals surface area (Å²) in [6.45, 7) is 6.09. The van der Waals surface area contributed by atoms with E-state index in [1.165, 1.54) is 32.4 Å². The fraction of sp³-hybridized carbons (Fsp3) is 1.00. The molecule has 1 heterocycles. The zero-order chi connectivity index (χ0) is 10.4. The molecule has 3 N–H and O–H groups in total. The number of hydrogen-bond acceptors (Lipinski definition) is 3. The number of likely N-dealkylation sites (tertiary alicyclic amines) is 1. The number of rotatable bonds is 5. The van der Waals surface area contributed by atoms with Gasteiger partial charge in [-0.25, -0.2) is 0 Å². The zero-order valence-corrected chi connectivity index (χ0v) is 9.28. The minimum absolute atomic E-state index is 0.307. The van der Waals surface area contributed by atoms with Crippen molar-refractivity contribution in [2.45, 2.75) is 38.7 Å². The van der Waals surface area contributed by atoms with E-state index in [2.05, 4.69) is 11.8 Å². The van der Waals surface area contributed by atoms with Crippen LogP contribution in [0.5, 0.6) is 0 Å².